The molecule has 0 bridgehead atoms. The molecule has 0 fully saturated rings. The average Bonchev–Trinajstić information content (AvgIpc) is 3.14. The second-order valence-electron chi connectivity index (χ2n) is 4.86. The van der Waals surface area contributed by atoms with Crippen LogP contribution in [0.3, 0.4) is 0 Å². The van der Waals surface area contributed by atoms with Crippen LogP contribution < -0.4 is 15.4 Å². The summed E-state index contributed by atoms with van der Waals surface area (Å²) in [4.78, 5) is 24.4. The van der Waals surface area contributed by atoms with Gasteiger partial charge in [0.15, 0.2) is 5.76 Å². The van der Waals surface area contributed by atoms with E-state index in [0.717, 1.165) is 10.6 Å². The standard InChI is InChI=1S/C17H20N2O4S/c1-22-13-4-6-14(7-5-13)24-12-8-16(20)18-9-10-19-17(21)15-3-2-11-23-15/h2-7,11H,8-10,12H2,1H3,(H,18,20)(H,19,21). The Balaban J connectivity index is 1.55. The summed E-state index contributed by atoms with van der Waals surface area (Å²) >= 11 is 1.61. The monoisotopic (exact) mass is 348 g/mol. The molecule has 0 aliphatic rings. The summed E-state index contributed by atoms with van der Waals surface area (Å²) in [5.41, 5.74) is 0. The maximum atomic E-state index is 11.7. The number of carbonyl (C=O) groups is 2. The molecule has 0 saturated carbocycles. The lowest BCUT2D eigenvalue weighted by molar-refractivity contribution is -0.120. The number of rotatable bonds is 9. The lowest BCUT2D eigenvalue weighted by Crippen LogP contribution is -2.34. The third-order valence-corrected chi connectivity index (χ3v) is 4.15. The Morgan fingerprint density at radius 2 is 1.88 bits per heavy atom. The van der Waals surface area contributed by atoms with Crippen molar-refractivity contribution in [2.24, 2.45) is 0 Å². The van der Waals surface area contributed by atoms with Gasteiger partial charge in [-0.05, 0) is 36.4 Å². The molecule has 1 aromatic carbocycles. The second-order valence-corrected chi connectivity index (χ2v) is 6.03. The van der Waals surface area contributed by atoms with E-state index in [9.17, 15) is 9.59 Å². The first-order chi connectivity index (χ1) is 11.7. The number of benzene rings is 1. The van der Waals surface area contributed by atoms with Gasteiger partial charge in [-0.1, -0.05) is 0 Å². The number of nitrogens with one attached hydrogen (secondary N) is 2. The molecule has 2 N–H and O–H groups in total. The fourth-order valence-corrected chi connectivity index (χ4v) is 2.75. The van der Waals surface area contributed by atoms with Gasteiger partial charge in [-0.3, -0.25) is 9.59 Å². The van der Waals surface area contributed by atoms with Gasteiger partial charge in [-0.15, -0.1) is 11.8 Å². The van der Waals surface area contributed by atoms with E-state index in [1.807, 2.05) is 24.3 Å². The predicted octanol–water partition coefficient (Wildman–Crippen LogP) is 2.32. The third kappa shape index (κ3) is 6.00. The van der Waals surface area contributed by atoms with E-state index in [4.69, 9.17) is 9.15 Å². The first-order valence-corrected chi connectivity index (χ1v) is 8.53. The molecule has 0 aliphatic heterocycles. The average molecular weight is 348 g/mol. The van der Waals surface area contributed by atoms with Crippen molar-refractivity contribution in [1.82, 2.24) is 10.6 Å². The van der Waals surface area contributed by atoms with Gasteiger partial charge in [0.25, 0.3) is 5.91 Å². The Hall–Kier alpha value is -2.41. The van der Waals surface area contributed by atoms with E-state index < -0.39 is 0 Å². The van der Waals surface area contributed by atoms with Crippen LogP contribution in [0.25, 0.3) is 0 Å². The molecular weight excluding hydrogens is 328 g/mol. The Labute approximate surface area is 144 Å². The van der Waals surface area contributed by atoms with E-state index in [1.54, 1.807) is 31.0 Å². The predicted molar refractivity (Wildman–Crippen MR) is 92.4 cm³/mol. The van der Waals surface area contributed by atoms with Crippen molar-refractivity contribution in [3.05, 3.63) is 48.4 Å². The van der Waals surface area contributed by atoms with Crippen LogP contribution in [0.5, 0.6) is 5.75 Å². The van der Waals surface area contributed by atoms with Crippen molar-refractivity contribution in [2.75, 3.05) is 26.0 Å². The highest BCUT2D eigenvalue weighted by atomic mass is 32.2. The Morgan fingerprint density at radius 1 is 1.12 bits per heavy atom. The summed E-state index contributed by atoms with van der Waals surface area (Å²) in [6, 6.07) is 11.0. The van der Waals surface area contributed by atoms with Crippen molar-refractivity contribution >= 4 is 23.6 Å². The van der Waals surface area contributed by atoms with E-state index in [0.29, 0.717) is 25.3 Å². The van der Waals surface area contributed by atoms with Gasteiger partial charge < -0.3 is 19.8 Å². The summed E-state index contributed by atoms with van der Waals surface area (Å²) in [6.45, 7) is 0.745. The summed E-state index contributed by atoms with van der Waals surface area (Å²) in [6.07, 6.45) is 1.86. The minimum Gasteiger partial charge on any atom is -0.497 e. The number of methoxy groups -OCH3 is 1. The van der Waals surface area contributed by atoms with Crippen molar-refractivity contribution in [3.8, 4) is 5.75 Å². The molecule has 24 heavy (non-hydrogen) atoms. The third-order valence-electron chi connectivity index (χ3n) is 3.13. The number of ether oxygens (including phenoxy) is 1. The second kappa shape index (κ2) is 9.67. The van der Waals surface area contributed by atoms with Crippen LogP contribution in [0, 0.1) is 0 Å². The van der Waals surface area contributed by atoms with Crippen molar-refractivity contribution < 1.29 is 18.7 Å². The van der Waals surface area contributed by atoms with Crippen LogP contribution in [-0.2, 0) is 4.79 Å². The highest BCUT2D eigenvalue weighted by Gasteiger charge is 2.07. The first kappa shape index (κ1) is 17.9. The molecule has 1 heterocycles. The van der Waals surface area contributed by atoms with Gasteiger partial charge in [-0.25, -0.2) is 0 Å². The minimum atomic E-state index is -0.288. The topological polar surface area (TPSA) is 80.6 Å². The minimum absolute atomic E-state index is 0.0386. The molecule has 2 rings (SSSR count). The lowest BCUT2D eigenvalue weighted by Gasteiger charge is -2.06. The summed E-state index contributed by atoms with van der Waals surface area (Å²) in [5, 5.41) is 5.44. The molecule has 0 aliphatic carbocycles. The summed E-state index contributed by atoms with van der Waals surface area (Å²) < 4.78 is 10.1. The van der Waals surface area contributed by atoms with Gasteiger partial charge in [0.1, 0.15) is 5.75 Å². The first-order valence-electron chi connectivity index (χ1n) is 7.54. The maximum Gasteiger partial charge on any atom is 0.287 e. The van der Waals surface area contributed by atoms with Gasteiger partial charge in [0, 0.05) is 30.2 Å². The Morgan fingerprint density at radius 3 is 2.54 bits per heavy atom. The molecule has 128 valence electrons. The highest BCUT2D eigenvalue weighted by Crippen LogP contribution is 2.21. The molecule has 7 heteroatoms. The molecule has 0 spiro atoms. The fraction of sp³-hybridized carbons (Fsp3) is 0.294. The number of furan rings is 1. The lowest BCUT2D eigenvalue weighted by atomic mass is 10.3. The van der Waals surface area contributed by atoms with Crippen LogP contribution in [0.4, 0.5) is 0 Å². The Bertz CT molecular complexity index is 641. The van der Waals surface area contributed by atoms with E-state index >= 15 is 0 Å². The molecule has 1 aromatic heterocycles. The van der Waals surface area contributed by atoms with Gasteiger partial charge in [-0.2, -0.15) is 0 Å². The van der Waals surface area contributed by atoms with Crippen LogP contribution >= 0.6 is 11.8 Å². The fourth-order valence-electron chi connectivity index (χ4n) is 1.89. The quantitative estimate of drug-likeness (QED) is 0.537. The molecule has 0 radical (unpaired) electrons. The molecule has 2 amide bonds. The van der Waals surface area contributed by atoms with Gasteiger partial charge >= 0.3 is 0 Å². The zero-order valence-electron chi connectivity index (χ0n) is 13.4. The van der Waals surface area contributed by atoms with Gasteiger partial charge in [0.05, 0.1) is 13.4 Å². The number of hydrogen-bond donors (Lipinski definition) is 2. The molecule has 0 unspecified atom stereocenters. The molecule has 2 aromatic rings. The largest absolute Gasteiger partial charge is 0.497 e. The number of amides is 2. The van der Waals surface area contributed by atoms with Crippen molar-refractivity contribution in [2.45, 2.75) is 11.3 Å². The van der Waals surface area contributed by atoms with Crippen molar-refractivity contribution in [3.63, 3.8) is 0 Å². The molecule has 0 atom stereocenters. The van der Waals surface area contributed by atoms with Crippen molar-refractivity contribution in [1.29, 1.82) is 0 Å². The zero-order valence-corrected chi connectivity index (χ0v) is 14.2. The molecular formula is C17H20N2O4S. The smallest absolute Gasteiger partial charge is 0.287 e. The number of thioether (sulfide) groups is 1. The SMILES string of the molecule is COc1ccc(SCCC(=O)NCCNC(=O)c2ccco2)cc1. The summed E-state index contributed by atoms with van der Waals surface area (Å²) in [5.74, 6) is 1.44. The van der Waals surface area contributed by atoms with Crippen LogP contribution in [0.2, 0.25) is 0 Å². The molecule has 0 saturated heterocycles. The van der Waals surface area contributed by atoms with E-state index in [1.165, 1.54) is 6.26 Å². The zero-order chi connectivity index (χ0) is 17.2. The normalized spacial score (nSPS) is 10.2. The number of hydrogen-bond acceptors (Lipinski definition) is 5. The van der Waals surface area contributed by atoms with E-state index in [2.05, 4.69) is 10.6 Å². The molecule has 6 nitrogen and oxygen atoms in total. The van der Waals surface area contributed by atoms with Crippen LogP contribution in [0.1, 0.15) is 17.0 Å². The Kier molecular flexibility index (Phi) is 7.22. The van der Waals surface area contributed by atoms with E-state index in [-0.39, 0.29) is 17.6 Å². The van der Waals surface area contributed by atoms with Crippen LogP contribution in [-0.4, -0.2) is 37.8 Å². The number of carbonyl (C=O) groups excluding carboxylic acids is 2. The van der Waals surface area contributed by atoms with Gasteiger partial charge in [0.2, 0.25) is 5.91 Å². The highest BCUT2D eigenvalue weighted by molar-refractivity contribution is 7.99. The summed E-state index contributed by atoms with van der Waals surface area (Å²) in [7, 11) is 1.63. The maximum absolute atomic E-state index is 11.7. The van der Waals surface area contributed by atoms with Crippen LogP contribution in [0.15, 0.2) is 52.0 Å².